The van der Waals surface area contributed by atoms with Crippen molar-refractivity contribution in [1.82, 2.24) is 0 Å². The molecular formula is C24H23O2S+. The summed E-state index contributed by atoms with van der Waals surface area (Å²) in [6, 6.07) is 28.8. The Balaban J connectivity index is 1.91. The molecule has 0 spiro atoms. The van der Waals surface area contributed by atoms with E-state index in [4.69, 9.17) is 4.74 Å². The van der Waals surface area contributed by atoms with Gasteiger partial charge in [0.05, 0.1) is 10.9 Å². The van der Waals surface area contributed by atoms with Crippen LogP contribution in [0.25, 0.3) is 0 Å². The highest BCUT2D eigenvalue weighted by Crippen LogP contribution is 2.32. The van der Waals surface area contributed by atoms with Gasteiger partial charge in [-0.2, -0.15) is 0 Å². The van der Waals surface area contributed by atoms with Gasteiger partial charge in [-0.25, -0.2) is 4.79 Å². The van der Waals surface area contributed by atoms with E-state index >= 15 is 0 Å². The second-order valence-corrected chi connectivity index (χ2v) is 8.44. The molecule has 0 radical (unpaired) electrons. The highest BCUT2D eigenvalue weighted by Gasteiger charge is 2.28. The summed E-state index contributed by atoms with van der Waals surface area (Å²) in [5, 5.41) is 0. The molecule has 0 aliphatic rings. The molecule has 0 unspecified atom stereocenters. The second-order valence-electron chi connectivity index (χ2n) is 6.42. The van der Waals surface area contributed by atoms with Crippen LogP contribution in [0.1, 0.15) is 20.8 Å². The number of ether oxygens (including phenoxy) is 1. The van der Waals surface area contributed by atoms with Crippen LogP contribution >= 0.6 is 0 Å². The number of esters is 1. The fourth-order valence-corrected chi connectivity index (χ4v) is 4.64. The minimum absolute atomic E-state index is 0.202. The summed E-state index contributed by atoms with van der Waals surface area (Å²) < 4.78 is 5.49. The summed E-state index contributed by atoms with van der Waals surface area (Å²) >= 11 is 0. The number of carbonyl (C=O) groups is 1. The van der Waals surface area contributed by atoms with E-state index in [0.717, 1.165) is 5.57 Å². The van der Waals surface area contributed by atoms with E-state index in [1.165, 1.54) is 14.7 Å². The molecule has 0 N–H and O–H groups in total. The minimum atomic E-state index is -0.298. The molecule has 3 aromatic carbocycles. The highest BCUT2D eigenvalue weighted by molar-refractivity contribution is 7.97. The first-order valence-electron chi connectivity index (χ1n) is 8.87. The number of hydrogen-bond acceptors (Lipinski definition) is 2. The van der Waals surface area contributed by atoms with E-state index in [1.807, 2.05) is 50.2 Å². The monoisotopic (exact) mass is 375 g/mol. The molecule has 0 aliphatic carbocycles. The smallest absolute Gasteiger partial charge is 0.339 e. The zero-order valence-electron chi connectivity index (χ0n) is 15.8. The van der Waals surface area contributed by atoms with Crippen molar-refractivity contribution in [1.29, 1.82) is 0 Å². The number of carbonyl (C=O) groups excluding carboxylic acids is 1. The molecule has 3 rings (SSSR count). The van der Waals surface area contributed by atoms with Crippen molar-refractivity contribution in [2.45, 2.75) is 35.5 Å². The number of benzene rings is 3. The Bertz CT molecular complexity index is 886. The molecule has 3 aromatic rings. The topological polar surface area (TPSA) is 26.3 Å². The van der Waals surface area contributed by atoms with Crippen LogP contribution in [0.15, 0.2) is 111 Å². The van der Waals surface area contributed by atoms with E-state index < -0.39 is 0 Å². The molecule has 3 heteroatoms. The van der Waals surface area contributed by atoms with Gasteiger partial charge in [0.25, 0.3) is 0 Å². The van der Waals surface area contributed by atoms with E-state index in [0.29, 0.717) is 11.3 Å². The molecule has 0 fully saturated rings. The average Bonchev–Trinajstić information content (AvgIpc) is 2.70. The lowest BCUT2D eigenvalue weighted by Crippen LogP contribution is -2.10. The van der Waals surface area contributed by atoms with E-state index in [-0.39, 0.29) is 16.9 Å². The molecule has 136 valence electrons. The van der Waals surface area contributed by atoms with Gasteiger partial charge in [-0.3, -0.25) is 0 Å². The van der Waals surface area contributed by atoms with Gasteiger partial charge in [-0.05, 0) is 69.3 Å². The molecule has 0 aliphatic heterocycles. The third-order valence-electron chi connectivity index (χ3n) is 4.28. The molecular weight excluding hydrogens is 352 g/mol. The highest BCUT2D eigenvalue weighted by atomic mass is 32.2. The van der Waals surface area contributed by atoms with Crippen molar-refractivity contribution in [3.63, 3.8) is 0 Å². The van der Waals surface area contributed by atoms with Crippen molar-refractivity contribution in [3.05, 3.63) is 96.1 Å². The number of allylic oxidation sites excluding steroid dienone is 1. The van der Waals surface area contributed by atoms with Gasteiger partial charge in [0.15, 0.2) is 14.7 Å². The van der Waals surface area contributed by atoms with E-state index in [1.54, 1.807) is 6.92 Å². The maximum absolute atomic E-state index is 12.1. The lowest BCUT2D eigenvalue weighted by atomic mass is 10.2. The first kappa shape index (κ1) is 19.0. The fourth-order valence-electron chi connectivity index (χ4n) is 2.55. The van der Waals surface area contributed by atoms with Crippen molar-refractivity contribution >= 4 is 16.9 Å². The van der Waals surface area contributed by atoms with Crippen LogP contribution in [0.3, 0.4) is 0 Å². The quantitative estimate of drug-likeness (QED) is 0.235. The third kappa shape index (κ3) is 4.69. The van der Waals surface area contributed by atoms with Crippen LogP contribution in [0.5, 0.6) is 5.75 Å². The Labute approximate surface area is 163 Å². The van der Waals surface area contributed by atoms with Crippen molar-refractivity contribution in [2.75, 3.05) is 0 Å². The van der Waals surface area contributed by atoms with Gasteiger partial charge < -0.3 is 4.74 Å². The zero-order valence-corrected chi connectivity index (χ0v) is 16.6. The molecule has 27 heavy (non-hydrogen) atoms. The van der Waals surface area contributed by atoms with E-state index in [2.05, 4.69) is 48.5 Å². The summed E-state index contributed by atoms with van der Waals surface area (Å²) in [5.41, 5.74) is 1.61. The van der Waals surface area contributed by atoms with Gasteiger partial charge in [-0.1, -0.05) is 42.0 Å². The van der Waals surface area contributed by atoms with Crippen molar-refractivity contribution < 1.29 is 9.53 Å². The van der Waals surface area contributed by atoms with Gasteiger partial charge in [0.2, 0.25) is 0 Å². The van der Waals surface area contributed by atoms with Gasteiger partial charge >= 0.3 is 5.97 Å². The average molecular weight is 376 g/mol. The van der Waals surface area contributed by atoms with Crippen LogP contribution in [-0.2, 0) is 15.7 Å². The van der Waals surface area contributed by atoms with Crippen LogP contribution in [-0.4, -0.2) is 5.97 Å². The summed E-state index contributed by atoms with van der Waals surface area (Å²) in [6.45, 7) is 5.60. The molecule has 2 nitrogen and oxygen atoms in total. The Kier molecular flexibility index (Phi) is 6.15. The van der Waals surface area contributed by atoms with Crippen molar-refractivity contribution in [2.24, 2.45) is 0 Å². The third-order valence-corrected chi connectivity index (χ3v) is 6.51. The Morgan fingerprint density at radius 2 is 1.11 bits per heavy atom. The molecule has 0 bridgehead atoms. The van der Waals surface area contributed by atoms with Crippen LogP contribution < -0.4 is 4.74 Å². The zero-order chi connectivity index (χ0) is 19.2. The van der Waals surface area contributed by atoms with Crippen LogP contribution in [0.2, 0.25) is 0 Å². The number of hydrogen-bond donors (Lipinski definition) is 0. The first-order valence-corrected chi connectivity index (χ1v) is 10.1. The van der Waals surface area contributed by atoms with Gasteiger partial charge in [0.1, 0.15) is 5.75 Å². The summed E-state index contributed by atoms with van der Waals surface area (Å²) in [4.78, 5) is 15.8. The minimum Gasteiger partial charge on any atom is -0.423 e. The van der Waals surface area contributed by atoms with E-state index in [9.17, 15) is 4.79 Å². The van der Waals surface area contributed by atoms with Gasteiger partial charge in [-0.15, -0.1) is 0 Å². The Morgan fingerprint density at radius 3 is 1.56 bits per heavy atom. The molecule has 0 amide bonds. The molecule has 0 saturated heterocycles. The molecule has 0 atom stereocenters. The van der Waals surface area contributed by atoms with Gasteiger partial charge in [0, 0.05) is 5.57 Å². The first-order chi connectivity index (χ1) is 13.1. The molecule has 0 aromatic heterocycles. The van der Waals surface area contributed by atoms with Crippen LogP contribution in [0, 0.1) is 0 Å². The standard InChI is InChI=1S/C24H23O2S/c1-18(2)19(3)24(25)26-20-14-16-23(17-15-20)27(21-10-6-4-7-11-21)22-12-8-5-9-13-22/h4-17H,1-3H3/q+1. The SMILES string of the molecule is CC(C)=C(C)C(=O)Oc1ccc([S+](c2ccccc2)c2ccccc2)cc1. The predicted octanol–water partition coefficient (Wildman–Crippen LogP) is 6.04. The Hall–Kier alpha value is -2.78. The number of rotatable bonds is 5. The fraction of sp³-hybridized carbons (Fsp3) is 0.125. The summed E-state index contributed by atoms with van der Waals surface area (Å²) in [6.07, 6.45) is 0. The predicted molar refractivity (Wildman–Crippen MR) is 111 cm³/mol. The maximum Gasteiger partial charge on any atom is 0.339 e. The largest absolute Gasteiger partial charge is 0.423 e. The lowest BCUT2D eigenvalue weighted by Gasteiger charge is -2.09. The molecule has 0 saturated carbocycles. The lowest BCUT2D eigenvalue weighted by molar-refractivity contribution is -0.130. The summed E-state index contributed by atoms with van der Waals surface area (Å²) in [7, 11) is -0.202. The second kappa shape index (κ2) is 8.74. The summed E-state index contributed by atoms with van der Waals surface area (Å²) in [5.74, 6) is 0.266. The Morgan fingerprint density at radius 1 is 0.667 bits per heavy atom. The normalized spacial score (nSPS) is 10.5. The maximum atomic E-state index is 12.1. The molecule has 0 heterocycles. The van der Waals surface area contributed by atoms with Crippen molar-refractivity contribution in [3.8, 4) is 5.75 Å². The van der Waals surface area contributed by atoms with Crippen LogP contribution in [0.4, 0.5) is 0 Å².